The highest BCUT2D eigenvalue weighted by molar-refractivity contribution is 5.95. The van der Waals surface area contributed by atoms with Gasteiger partial charge in [0.05, 0.1) is 20.4 Å². The minimum absolute atomic E-state index is 0.0445. The molecule has 1 N–H and O–H groups in total. The summed E-state index contributed by atoms with van der Waals surface area (Å²) in [5, 5.41) is 4.05. The number of benzene rings is 2. The van der Waals surface area contributed by atoms with Gasteiger partial charge in [0, 0.05) is 30.1 Å². The molecule has 0 spiro atoms. The molecule has 7 nitrogen and oxygen atoms in total. The Kier molecular flexibility index (Phi) is 6.84. The second kappa shape index (κ2) is 9.73. The molecule has 0 radical (unpaired) electrons. The quantitative estimate of drug-likeness (QED) is 0.602. The molecule has 1 heterocycles. The van der Waals surface area contributed by atoms with Gasteiger partial charge in [0.1, 0.15) is 11.5 Å². The van der Waals surface area contributed by atoms with Gasteiger partial charge in [0.15, 0.2) is 0 Å². The van der Waals surface area contributed by atoms with Crippen LogP contribution in [0.2, 0.25) is 0 Å². The van der Waals surface area contributed by atoms with E-state index in [2.05, 4.69) is 10.5 Å². The van der Waals surface area contributed by atoms with Crippen LogP contribution >= 0.6 is 0 Å². The molecule has 7 heteroatoms. The Morgan fingerprint density at radius 1 is 1.07 bits per heavy atom. The van der Waals surface area contributed by atoms with E-state index in [9.17, 15) is 9.59 Å². The van der Waals surface area contributed by atoms with Crippen LogP contribution in [0.1, 0.15) is 28.8 Å². The molecule has 0 saturated carbocycles. The van der Waals surface area contributed by atoms with Crippen molar-refractivity contribution in [3.05, 3.63) is 59.7 Å². The number of ether oxygens (including phenoxy) is 2. The van der Waals surface area contributed by atoms with Gasteiger partial charge in [-0.25, -0.2) is 5.43 Å². The smallest absolute Gasteiger partial charge is 0.253 e. The topological polar surface area (TPSA) is 80.2 Å². The van der Waals surface area contributed by atoms with Gasteiger partial charge in [-0.15, -0.1) is 0 Å². The third-order valence-corrected chi connectivity index (χ3v) is 4.99. The molecular formula is C22H25N3O4. The van der Waals surface area contributed by atoms with Crippen molar-refractivity contribution in [2.75, 3.05) is 27.3 Å². The van der Waals surface area contributed by atoms with Crippen molar-refractivity contribution in [1.29, 1.82) is 0 Å². The number of nitrogens with zero attached hydrogens (tertiary/aromatic N) is 2. The van der Waals surface area contributed by atoms with E-state index in [-0.39, 0.29) is 17.7 Å². The Labute approximate surface area is 170 Å². The van der Waals surface area contributed by atoms with Gasteiger partial charge in [0.25, 0.3) is 5.91 Å². The molecule has 0 aliphatic carbocycles. The van der Waals surface area contributed by atoms with Crippen molar-refractivity contribution in [2.24, 2.45) is 11.0 Å². The third kappa shape index (κ3) is 5.13. The van der Waals surface area contributed by atoms with Crippen molar-refractivity contribution < 1.29 is 19.1 Å². The SMILES string of the molecule is COc1cccc(C(=O)N2CCC(C(=O)N/N=C\c3ccccc3OC)CC2)c1. The van der Waals surface area contributed by atoms with Crippen molar-refractivity contribution in [1.82, 2.24) is 10.3 Å². The van der Waals surface area contributed by atoms with Gasteiger partial charge in [-0.3, -0.25) is 9.59 Å². The van der Waals surface area contributed by atoms with E-state index in [0.717, 1.165) is 5.56 Å². The van der Waals surface area contributed by atoms with E-state index in [1.807, 2.05) is 24.3 Å². The number of para-hydroxylation sites is 1. The van der Waals surface area contributed by atoms with E-state index >= 15 is 0 Å². The van der Waals surface area contributed by atoms with Crippen LogP contribution < -0.4 is 14.9 Å². The normalized spacial score (nSPS) is 14.6. The first-order valence-electron chi connectivity index (χ1n) is 9.51. The van der Waals surface area contributed by atoms with Crippen molar-refractivity contribution in [2.45, 2.75) is 12.8 Å². The van der Waals surface area contributed by atoms with Crippen LogP contribution in [0.3, 0.4) is 0 Å². The first-order chi connectivity index (χ1) is 14.1. The highest BCUT2D eigenvalue weighted by Crippen LogP contribution is 2.21. The Balaban J connectivity index is 1.51. The molecule has 1 fully saturated rings. The highest BCUT2D eigenvalue weighted by atomic mass is 16.5. The predicted octanol–water partition coefficient (Wildman–Crippen LogP) is 2.71. The second-order valence-corrected chi connectivity index (χ2v) is 6.77. The summed E-state index contributed by atoms with van der Waals surface area (Å²) in [6.07, 6.45) is 2.77. The number of carbonyl (C=O) groups excluding carboxylic acids is 2. The number of nitrogens with one attached hydrogen (secondary N) is 1. The number of hydrogen-bond donors (Lipinski definition) is 1. The van der Waals surface area contributed by atoms with Crippen LogP contribution in [-0.2, 0) is 4.79 Å². The van der Waals surface area contributed by atoms with Gasteiger partial charge in [-0.05, 0) is 43.2 Å². The van der Waals surface area contributed by atoms with Gasteiger partial charge in [-0.1, -0.05) is 18.2 Å². The fourth-order valence-electron chi connectivity index (χ4n) is 3.31. The van der Waals surface area contributed by atoms with Crippen LogP contribution in [0.25, 0.3) is 0 Å². The predicted molar refractivity (Wildman–Crippen MR) is 110 cm³/mol. The summed E-state index contributed by atoms with van der Waals surface area (Å²) in [7, 11) is 3.16. The van der Waals surface area contributed by atoms with Crippen molar-refractivity contribution in [3.8, 4) is 11.5 Å². The van der Waals surface area contributed by atoms with Crippen LogP contribution in [0.4, 0.5) is 0 Å². The standard InChI is InChI=1S/C22H25N3O4/c1-28-19-8-5-7-17(14-19)22(27)25-12-10-16(11-13-25)21(26)24-23-15-18-6-3-4-9-20(18)29-2/h3-9,14-16H,10-13H2,1-2H3,(H,24,26)/b23-15-. The summed E-state index contributed by atoms with van der Waals surface area (Å²) in [5.41, 5.74) is 3.98. The number of hydrazone groups is 1. The minimum atomic E-state index is -0.167. The molecule has 29 heavy (non-hydrogen) atoms. The maximum atomic E-state index is 12.7. The average molecular weight is 395 g/mol. The highest BCUT2D eigenvalue weighted by Gasteiger charge is 2.27. The Morgan fingerprint density at radius 2 is 1.83 bits per heavy atom. The van der Waals surface area contributed by atoms with E-state index in [1.54, 1.807) is 49.6 Å². The lowest BCUT2D eigenvalue weighted by Crippen LogP contribution is -2.42. The summed E-state index contributed by atoms with van der Waals surface area (Å²) in [6.45, 7) is 1.06. The maximum Gasteiger partial charge on any atom is 0.253 e. The molecule has 0 unspecified atom stereocenters. The lowest BCUT2D eigenvalue weighted by Gasteiger charge is -2.31. The average Bonchev–Trinajstić information content (AvgIpc) is 2.79. The molecule has 2 aromatic rings. The largest absolute Gasteiger partial charge is 0.497 e. The summed E-state index contributed by atoms with van der Waals surface area (Å²) in [5.74, 6) is 0.994. The van der Waals surface area contributed by atoms with Crippen LogP contribution in [-0.4, -0.2) is 50.2 Å². The summed E-state index contributed by atoms with van der Waals surface area (Å²) >= 11 is 0. The number of hydrogen-bond acceptors (Lipinski definition) is 5. The van der Waals surface area contributed by atoms with E-state index in [4.69, 9.17) is 9.47 Å². The molecule has 0 bridgehead atoms. The minimum Gasteiger partial charge on any atom is -0.497 e. The second-order valence-electron chi connectivity index (χ2n) is 6.77. The van der Waals surface area contributed by atoms with Crippen LogP contribution in [0, 0.1) is 5.92 Å². The molecule has 0 atom stereocenters. The monoisotopic (exact) mass is 395 g/mol. The van der Waals surface area contributed by atoms with Gasteiger partial charge in [-0.2, -0.15) is 5.10 Å². The molecule has 3 rings (SSSR count). The zero-order valence-electron chi connectivity index (χ0n) is 16.6. The number of piperidine rings is 1. The van der Waals surface area contributed by atoms with E-state index in [0.29, 0.717) is 43.0 Å². The molecule has 2 aromatic carbocycles. The number of rotatable bonds is 6. The Bertz CT molecular complexity index is 889. The molecule has 1 aliphatic rings. The molecule has 0 aromatic heterocycles. The number of likely N-dealkylation sites (tertiary alicyclic amines) is 1. The third-order valence-electron chi connectivity index (χ3n) is 4.99. The number of methoxy groups -OCH3 is 2. The van der Waals surface area contributed by atoms with Crippen molar-refractivity contribution >= 4 is 18.0 Å². The maximum absolute atomic E-state index is 12.7. The fraction of sp³-hybridized carbons (Fsp3) is 0.318. The molecular weight excluding hydrogens is 370 g/mol. The number of carbonyl (C=O) groups is 2. The molecule has 1 aliphatic heterocycles. The van der Waals surface area contributed by atoms with E-state index < -0.39 is 0 Å². The Morgan fingerprint density at radius 3 is 2.55 bits per heavy atom. The summed E-state index contributed by atoms with van der Waals surface area (Å²) in [4.78, 5) is 26.8. The zero-order chi connectivity index (χ0) is 20.6. The van der Waals surface area contributed by atoms with E-state index in [1.165, 1.54) is 0 Å². The number of amides is 2. The van der Waals surface area contributed by atoms with Gasteiger partial charge >= 0.3 is 0 Å². The summed E-state index contributed by atoms with van der Waals surface area (Å²) in [6, 6.07) is 14.5. The van der Waals surface area contributed by atoms with Crippen LogP contribution in [0.5, 0.6) is 11.5 Å². The molecule has 1 saturated heterocycles. The van der Waals surface area contributed by atoms with Crippen LogP contribution in [0.15, 0.2) is 53.6 Å². The van der Waals surface area contributed by atoms with Crippen molar-refractivity contribution in [3.63, 3.8) is 0 Å². The fourth-order valence-corrected chi connectivity index (χ4v) is 3.31. The molecule has 152 valence electrons. The van der Waals surface area contributed by atoms with Gasteiger partial charge < -0.3 is 14.4 Å². The van der Waals surface area contributed by atoms with Gasteiger partial charge in [0.2, 0.25) is 5.91 Å². The first-order valence-corrected chi connectivity index (χ1v) is 9.51. The first kappa shape index (κ1) is 20.4. The zero-order valence-corrected chi connectivity index (χ0v) is 16.6. The Hall–Kier alpha value is -3.35. The summed E-state index contributed by atoms with van der Waals surface area (Å²) < 4.78 is 10.4. The lowest BCUT2D eigenvalue weighted by atomic mass is 9.95. The lowest BCUT2D eigenvalue weighted by molar-refractivity contribution is -0.126. The molecule has 2 amide bonds.